The van der Waals surface area contributed by atoms with Gasteiger partial charge in [0.05, 0.1) is 5.56 Å². The van der Waals surface area contributed by atoms with E-state index in [1.54, 1.807) is 24.3 Å². The van der Waals surface area contributed by atoms with Crippen LogP contribution in [0, 0.1) is 22.7 Å². The summed E-state index contributed by atoms with van der Waals surface area (Å²) in [6, 6.07) is 8.87. The average Bonchev–Trinajstić information content (AvgIpc) is 2.49. The van der Waals surface area contributed by atoms with Gasteiger partial charge in [0.1, 0.15) is 11.8 Å². The molecule has 1 aromatic carbocycles. The summed E-state index contributed by atoms with van der Waals surface area (Å²) < 4.78 is 5.39. The first kappa shape index (κ1) is 17.0. The predicted octanol–water partition coefficient (Wildman–Crippen LogP) is 3.26. The van der Waals surface area contributed by atoms with Crippen LogP contribution in [0.2, 0.25) is 0 Å². The number of benzene rings is 1. The third kappa shape index (κ3) is 5.10. The lowest BCUT2D eigenvalue weighted by Gasteiger charge is -2.34. The highest BCUT2D eigenvalue weighted by Crippen LogP contribution is 2.36. The monoisotopic (exact) mass is 313 g/mol. The summed E-state index contributed by atoms with van der Waals surface area (Å²) in [6.45, 7) is 6.50. The molecule has 0 heterocycles. The molecule has 5 heteroatoms. The summed E-state index contributed by atoms with van der Waals surface area (Å²) in [6.07, 6.45) is 2.99. The number of para-hydroxylation sites is 1. The summed E-state index contributed by atoms with van der Waals surface area (Å²) in [7, 11) is 0. The summed E-state index contributed by atoms with van der Waals surface area (Å²) in [5.74, 6) is 0.666. The van der Waals surface area contributed by atoms with Gasteiger partial charge in [-0.3, -0.25) is 4.79 Å². The molecule has 1 fully saturated rings. The number of carbonyl (C=O) groups is 1. The van der Waals surface area contributed by atoms with Crippen molar-refractivity contribution in [2.75, 3.05) is 6.61 Å². The molecule has 0 saturated heterocycles. The van der Waals surface area contributed by atoms with Gasteiger partial charge in [-0.2, -0.15) is 10.4 Å². The molecule has 5 nitrogen and oxygen atoms in total. The Morgan fingerprint density at radius 1 is 1.48 bits per heavy atom. The number of ether oxygens (including phenoxy) is 1. The van der Waals surface area contributed by atoms with Crippen LogP contribution in [0.3, 0.4) is 0 Å². The quantitative estimate of drug-likeness (QED) is 0.867. The van der Waals surface area contributed by atoms with Crippen LogP contribution in [0.1, 0.15) is 45.6 Å². The SMILES string of the molecule is CC1C/C(=N\NC(=O)COc2ccccc2C#N)CC(C)(C)C1. The summed E-state index contributed by atoms with van der Waals surface area (Å²) in [5, 5.41) is 13.2. The van der Waals surface area contributed by atoms with Gasteiger partial charge >= 0.3 is 0 Å². The van der Waals surface area contributed by atoms with Crippen LogP contribution in [0.15, 0.2) is 29.4 Å². The molecule has 1 unspecified atom stereocenters. The lowest BCUT2D eigenvalue weighted by atomic mass is 9.72. The van der Waals surface area contributed by atoms with Crippen LogP contribution < -0.4 is 10.2 Å². The molecular weight excluding hydrogens is 290 g/mol. The molecule has 0 aliphatic heterocycles. The van der Waals surface area contributed by atoms with Gasteiger partial charge in [-0.15, -0.1) is 0 Å². The van der Waals surface area contributed by atoms with E-state index in [0.717, 1.165) is 18.6 Å². The number of carbonyl (C=O) groups excluding carboxylic acids is 1. The molecular formula is C18H23N3O2. The first-order chi connectivity index (χ1) is 10.9. The number of nitrogens with zero attached hydrogens (tertiary/aromatic N) is 2. The smallest absolute Gasteiger partial charge is 0.277 e. The van der Waals surface area contributed by atoms with Crippen LogP contribution in [0.5, 0.6) is 5.75 Å². The van der Waals surface area contributed by atoms with Crippen molar-refractivity contribution in [3.8, 4) is 11.8 Å². The molecule has 1 atom stereocenters. The topological polar surface area (TPSA) is 74.5 Å². The van der Waals surface area contributed by atoms with Crippen LogP contribution in [-0.4, -0.2) is 18.2 Å². The number of nitrogens with one attached hydrogen (secondary N) is 1. The summed E-state index contributed by atoms with van der Waals surface area (Å²) in [4.78, 5) is 11.9. The normalized spacial score (nSPS) is 21.5. The zero-order valence-electron chi connectivity index (χ0n) is 13.9. The van der Waals surface area contributed by atoms with Crippen molar-refractivity contribution < 1.29 is 9.53 Å². The molecule has 1 aromatic rings. The van der Waals surface area contributed by atoms with Gasteiger partial charge in [-0.1, -0.05) is 32.9 Å². The molecule has 0 aromatic heterocycles. The fourth-order valence-corrected chi connectivity index (χ4v) is 3.20. The fourth-order valence-electron chi connectivity index (χ4n) is 3.20. The number of hydrazone groups is 1. The maximum atomic E-state index is 11.9. The Hall–Kier alpha value is -2.35. The Bertz CT molecular complexity index is 644. The van der Waals surface area contributed by atoms with E-state index in [1.807, 2.05) is 6.07 Å². The van der Waals surface area contributed by atoms with Gasteiger partial charge in [0.15, 0.2) is 6.61 Å². The van der Waals surface area contributed by atoms with Crippen molar-refractivity contribution in [2.45, 2.75) is 40.0 Å². The second kappa shape index (κ2) is 7.28. The number of hydrogen-bond donors (Lipinski definition) is 1. The number of rotatable bonds is 4. The number of amides is 1. The van der Waals surface area contributed by atoms with E-state index in [1.165, 1.54) is 6.42 Å². The van der Waals surface area contributed by atoms with E-state index in [9.17, 15) is 4.79 Å². The van der Waals surface area contributed by atoms with Gasteiger partial charge in [0.2, 0.25) is 0 Å². The maximum Gasteiger partial charge on any atom is 0.277 e. The first-order valence-corrected chi connectivity index (χ1v) is 7.86. The minimum absolute atomic E-state index is 0.158. The van der Waals surface area contributed by atoms with Crippen LogP contribution in [-0.2, 0) is 4.79 Å². The van der Waals surface area contributed by atoms with Crippen molar-refractivity contribution in [2.24, 2.45) is 16.4 Å². The molecule has 0 bridgehead atoms. The van der Waals surface area contributed by atoms with Crippen LogP contribution in [0.4, 0.5) is 0 Å². The second-order valence-electron chi connectivity index (χ2n) is 6.96. The summed E-state index contributed by atoms with van der Waals surface area (Å²) >= 11 is 0. The maximum absolute atomic E-state index is 11.9. The van der Waals surface area contributed by atoms with Gasteiger partial charge < -0.3 is 4.74 Å². The molecule has 23 heavy (non-hydrogen) atoms. The molecule has 1 amide bonds. The summed E-state index contributed by atoms with van der Waals surface area (Å²) in [5.41, 5.74) is 4.22. The minimum Gasteiger partial charge on any atom is -0.482 e. The van der Waals surface area contributed by atoms with Crippen molar-refractivity contribution in [3.05, 3.63) is 29.8 Å². The third-order valence-corrected chi connectivity index (χ3v) is 3.87. The molecule has 122 valence electrons. The van der Waals surface area contributed by atoms with Gasteiger partial charge in [0.25, 0.3) is 5.91 Å². The van der Waals surface area contributed by atoms with Crippen molar-refractivity contribution >= 4 is 11.6 Å². The second-order valence-corrected chi connectivity index (χ2v) is 6.96. The Labute approximate surface area is 137 Å². The molecule has 1 aliphatic rings. The first-order valence-electron chi connectivity index (χ1n) is 7.86. The lowest BCUT2D eigenvalue weighted by molar-refractivity contribution is -0.123. The molecule has 1 aliphatic carbocycles. The minimum atomic E-state index is -0.318. The van der Waals surface area contributed by atoms with Gasteiger partial charge in [0, 0.05) is 5.71 Å². The average molecular weight is 313 g/mol. The van der Waals surface area contributed by atoms with E-state index in [4.69, 9.17) is 10.00 Å². The number of nitriles is 1. The van der Waals surface area contributed by atoms with E-state index in [2.05, 4.69) is 31.3 Å². The zero-order valence-corrected chi connectivity index (χ0v) is 13.9. The van der Waals surface area contributed by atoms with E-state index in [0.29, 0.717) is 17.2 Å². The Balaban J connectivity index is 1.88. The lowest BCUT2D eigenvalue weighted by Crippen LogP contribution is -2.31. The van der Waals surface area contributed by atoms with Crippen molar-refractivity contribution in [1.29, 1.82) is 5.26 Å². The highest BCUT2D eigenvalue weighted by molar-refractivity contribution is 5.87. The van der Waals surface area contributed by atoms with Crippen LogP contribution >= 0.6 is 0 Å². The zero-order chi connectivity index (χ0) is 16.9. The molecule has 1 N–H and O–H groups in total. The number of hydrogen-bond acceptors (Lipinski definition) is 4. The largest absolute Gasteiger partial charge is 0.482 e. The molecule has 2 rings (SSSR count). The Morgan fingerprint density at radius 2 is 2.22 bits per heavy atom. The van der Waals surface area contributed by atoms with Crippen LogP contribution in [0.25, 0.3) is 0 Å². The van der Waals surface area contributed by atoms with E-state index >= 15 is 0 Å². The van der Waals surface area contributed by atoms with E-state index < -0.39 is 0 Å². The van der Waals surface area contributed by atoms with E-state index in [-0.39, 0.29) is 17.9 Å². The van der Waals surface area contributed by atoms with Gasteiger partial charge in [-0.25, -0.2) is 5.43 Å². The predicted molar refractivity (Wildman–Crippen MR) is 89.0 cm³/mol. The highest BCUT2D eigenvalue weighted by Gasteiger charge is 2.29. The molecule has 1 saturated carbocycles. The standard InChI is InChI=1S/C18H23N3O2/c1-13-8-15(10-18(2,3)9-13)20-21-17(22)12-23-16-7-5-4-6-14(16)11-19/h4-7,13H,8-10,12H2,1-3H3,(H,21,22)/b20-15+. The Morgan fingerprint density at radius 3 is 2.91 bits per heavy atom. The van der Waals surface area contributed by atoms with Gasteiger partial charge in [-0.05, 0) is 42.7 Å². The third-order valence-electron chi connectivity index (χ3n) is 3.87. The molecule has 0 radical (unpaired) electrons. The fraction of sp³-hybridized carbons (Fsp3) is 0.500. The highest BCUT2D eigenvalue weighted by atomic mass is 16.5. The van der Waals surface area contributed by atoms with Crippen molar-refractivity contribution in [3.63, 3.8) is 0 Å². The Kier molecular flexibility index (Phi) is 5.38. The van der Waals surface area contributed by atoms with Crippen molar-refractivity contribution in [1.82, 2.24) is 5.43 Å². The molecule has 0 spiro atoms.